The van der Waals surface area contributed by atoms with Crippen molar-refractivity contribution >= 4 is 0 Å². The van der Waals surface area contributed by atoms with Gasteiger partial charge in [-0.05, 0) is 42.9 Å². The van der Waals surface area contributed by atoms with Crippen LogP contribution in [0.4, 0.5) is 0 Å². The Morgan fingerprint density at radius 2 is 1.79 bits per heavy atom. The minimum atomic E-state index is 0.275. The summed E-state index contributed by atoms with van der Waals surface area (Å²) in [5.41, 5.74) is 1.24. The number of hydrogen-bond acceptors (Lipinski definition) is 2. The molecule has 0 aromatic heterocycles. The van der Waals surface area contributed by atoms with Gasteiger partial charge in [0.25, 0.3) is 0 Å². The highest BCUT2D eigenvalue weighted by molar-refractivity contribution is 5.25. The van der Waals surface area contributed by atoms with Crippen LogP contribution >= 0.6 is 0 Å². The van der Waals surface area contributed by atoms with Gasteiger partial charge in [0.2, 0.25) is 0 Å². The minimum absolute atomic E-state index is 0.275. The maximum absolute atomic E-state index is 9.09. The Balaban J connectivity index is 2.34. The summed E-state index contributed by atoms with van der Waals surface area (Å²) in [7, 11) is 0. The molecule has 14 heavy (non-hydrogen) atoms. The van der Waals surface area contributed by atoms with Crippen molar-refractivity contribution < 1.29 is 10.2 Å². The SMILES string of the molecule is CC(CCO)CCc1ccc(O)cc1. The summed E-state index contributed by atoms with van der Waals surface area (Å²) >= 11 is 0. The maximum Gasteiger partial charge on any atom is 0.115 e. The monoisotopic (exact) mass is 194 g/mol. The van der Waals surface area contributed by atoms with Crippen LogP contribution in [0, 0.1) is 5.92 Å². The van der Waals surface area contributed by atoms with Crippen LogP contribution < -0.4 is 0 Å². The molecule has 1 unspecified atom stereocenters. The van der Waals surface area contributed by atoms with Gasteiger partial charge in [-0.1, -0.05) is 19.1 Å². The van der Waals surface area contributed by atoms with Gasteiger partial charge in [0.15, 0.2) is 0 Å². The lowest BCUT2D eigenvalue weighted by atomic mass is 9.99. The second kappa shape index (κ2) is 5.66. The van der Waals surface area contributed by atoms with Crippen LogP contribution in [-0.4, -0.2) is 16.8 Å². The fourth-order valence-corrected chi connectivity index (χ4v) is 1.44. The van der Waals surface area contributed by atoms with Crippen LogP contribution in [0.15, 0.2) is 24.3 Å². The summed E-state index contributed by atoms with van der Waals surface area (Å²) in [4.78, 5) is 0. The zero-order valence-electron chi connectivity index (χ0n) is 8.61. The third-order valence-electron chi connectivity index (χ3n) is 2.48. The first kappa shape index (κ1) is 11.1. The molecule has 0 fully saturated rings. The number of aliphatic hydroxyl groups is 1. The van der Waals surface area contributed by atoms with Crippen LogP contribution in [-0.2, 0) is 6.42 Å². The van der Waals surface area contributed by atoms with E-state index in [-0.39, 0.29) is 6.61 Å². The smallest absolute Gasteiger partial charge is 0.115 e. The van der Waals surface area contributed by atoms with E-state index in [0.717, 1.165) is 19.3 Å². The molecular formula is C12H18O2. The summed E-state index contributed by atoms with van der Waals surface area (Å²) in [6.45, 7) is 2.42. The van der Waals surface area contributed by atoms with Crippen molar-refractivity contribution in [2.24, 2.45) is 5.92 Å². The number of aryl methyl sites for hydroxylation is 1. The summed E-state index contributed by atoms with van der Waals surface area (Å²) in [5, 5.41) is 17.8. The molecule has 0 saturated carbocycles. The second-order valence-corrected chi connectivity index (χ2v) is 3.82. The summed E-state index contributed by atoms with van der Waals surface area (Å²) in [5.74, 6) is 0.881. The highest BCUT2D eigenvalue weighted by Crippen LogP contribution is 2.15. The van der Waals surface area contributed by atoms with Crippen molar-refractivity contribution in [1.82, 2.24) is 0 Å². The Hall–Kier alpha value is -1.02. The first-order chi connectivity index (χ1) is 6.72. The van der Waals surface area contributed by atoms with Crippen LogP contribution in [0.2, 0.25) is 0 Å². The third-order valence-corrected chi connectivity index (χ3v) is 2.48. The normalized spacial score (nSPS) is 12.7. The molecule has 2 nitrogen and oxygen atoms in total. The highest BCUT2D eigenvalue weighted by Gasteiger charge is 2.01. The molecule has 1 atom stereocenters. The van der Waals surface area contributed by atoms with Crippen molar-refractivity contribution in [3.05, 3.63) is 29.8 Å². The number of aliphatic hydroxyl groups excluding tert-OH is 1. The van der Waals surface area contributed by atoms with Crippen LogP contribution in [0.1, 0.15) is 25.3 Å². The van der Waals surface area contributed by atoms with E-state index in [0.29, 0.717) is 11.7 Å². The lowest BCUT2D eigenvalue weighted by molar-refractivity contribution is 0.258. The van der Waals surface area contributed by atoms with E-state index in [1.807, 2.05) is 12.1 Å². The molecule has 2 heteroatoms. The van der Waals surface area contributed by atoms with Gasteiger partial charge in [-0.2, -0.15) is 0 Å². The zero-order valence-corrected chi connectivity index (χ0v) is 8.61. The van der Waals surface area contributed by atoms with Crippen molar-refractivity contribution in [3.8, 4) is 5.75 Å². The van der Waals surface area contributed by atoms with E-state index >= 15 is 0 Å². The molecule has 0 saturated heterocycles. The molecule has 0 radical (unpaired) electrons. The quantitative estimate of drug-likeness (QED) is 0.755. The summed E-state index contributed by atoms with van der Waals surface area (Å²) in [6, 6.07) is 7.32. The minimum Gasteiger partial charge on any atom is -0.508 e. The average Bonchev–Trinajstić information content (AvgIpc) is 2.17. The number of rotatable bonds is 5. The van der Waals surface area contributed by atoms with Gasteiger partial charge < -0.3 is 10.2 Å². The topological polar surface area (TPSA) is 40.5 Å². The van der Waals surface area contributed by atoms with Crippen molar-refractivity contribution in [2.45, 2.75) is 26.2 Å². The Morgan fingerprint density at radius 1 is 1.14 bits per heavy atom. The first-order valence-corrected chi connectivity index (χ1v) is 5.11. The molecule has 0 spiro atoms. The average molecular weight is 194 g/mol. The molecule has 1 aromatic carbocycles. The molecule has 0 aliphatic carbocycles. The van der Waals surface area contributed by atoms with E-state index in [1.54, 1.807) is 12.1 Å². The maximum atomic E-state index is 9.09. The lowest BCUT2D eigenvalue weighted by Gasteiger charge is -2.08. The van der Waals surface area contributed by atoms with Crippen LogP contribution in [0.25, 0.3) is 0 Å². The van der Waals surface area contributed by atoms with Gasteiger partial charge in [0.05, 0.1) is 0 Å². The molecule has 1 rings (SSSR count). The van der Waals surface area contributed by atoms with E-state index in [4.69, 9.17) is 10.2 Å². The molecule has 0 bridgehead atoms. The van der Waals surface area contributed by atoms with E-state index in [1.165, 1.54) is 5.56 Å². The first-order valence-electron chi connectivity index (χ1n) is 5.11. The van der Waals surface area contributed by atoms with Gasteiger partial charge in [0.1, 0.15) is 5.75 Å². The molecule has 0 amide bonds. The summed E-state index contributed by atoms with van der Waals surface area (Å²) in [6.07, 6.45) is 2.98. The number of phenols is 1. The highest BCUT2D eigenvalue weighted by atomic mass is 16.3. The predicted octanol–water partition coefficient (Wildman–Crippen LogP) is 2.34. The number of aromatic hydroxyl groups is 1. The Labute approximate surface area is 85.2 Å². The number of phenolic OH excluding ortho intramolecular Hbond substituents is 1. The van der Waals surface area contributed by atoms with Crippen molar-refractivity contribution in [2.75, 3.05) is 6.61 Å². The van der Waals surface area contributed by atoms with Crippen LogP contribution in [0.3, 0.4) is 0 Å². The molecule has 2 N–H and O–H groups in total. The summed E-state index contributed by atoms with van der Waals surface area (Å²) < 4.78 is 0. The Kier molecular flexibility index (Phi) is 4.47. The van der Waals surface area contributed by atoms with Crippen LogP contribution in [0.5, 0.6) is 5.75 Å². The van der Waals surface area contributed by atoms with Gasteiger partial charge in [-0.15, -0.1) is 0 Å². The van der Waals surface area contributed by atoms with E-state index in [9.17, 15) is 0 Å². The molecule has 0 aliphatic rings. The van der Waals surface area contributed by atoms with Gasteiger partial charge in [-0.3, -0.25) is 0 Å². The molecule has 0 heterocycles. The zero-order chi connectivity index (χ0) is 10.4. The van der Waals surface area contributed by atoms with E-state index < -0.39 is 0 Å². The van der Waals surface area contributed by atoms with Gasteiger partial charge >= 0.3 is 0 Å². The third kappa shape index (κ3) is 3.79. The molecule has 0 aliphatic heterocycles. The van der Waals surface area contributed by atoms with E-state index in [2.05, 4.69) is 6.92 Å². The Morgan fingerprint density at radius 3 is 2.36 bits per heavy atom. The Bertz CT molecular complexity index is 254. The molecule has 1 aromatic rings. The largest absolute Gasteiger partial charge is 0.508 e. The predicted molar refractivity (Wildman–Crippen MR) is 57.3 cm³/mol. The van der Waals surface area contributed by atoms with Crippen molar-refractivity contribution in [1.29, 1.82) is 0 Å². The van der Waals surface area contributed by atoms with Crippen molar-refractivity contribution in [3.63, 3.8) is 0 Å². The lowest BCUT2D eigenvalue weighted by Crippen LogP contribution is -1.99. The molecule has 78 valence electrons. The molecular weight excluding hydrogens is 176 g/mol. The number of hydrogen-bond donors (Lipinski definition) is 2. The fourth-order valence-electron chi connectivity index (χ4n) is 1.44. The van der Waals surface area contributed by atoms with Gasteiger partial charge in [-0.25, -0.2) is 0 Å². The standard InChI is InChI=1S/C12H18O2/c1-10(8-9-13)2-3-11-4-6-12(14)7-5-11/h4-7,10,13-14H,2-3,8-9H2,1H3. The van der Waals surface area contributed by atoms with Gasteiger partial charge in [0, 0.05) is 6.61 Å². The number of benzene rings is 1. The second-order valence-electron chi connectivity index (χ2n) is 3.82. The fraction of sp³-hybridized carbons (Fsp3) is 0.500.